The van der Waals surface area contributed by atoms with E-state index in [1.54, 1.807) is 23.1 Å². The molecule has 3 aromatic rings. The molecule has 1 amide bonds. The first kappa shape index (κ1) is 28.7. The summed E-state index contributed by atoms with van der Waals surface area (Å²) in [6.45, 7) is -0.131. The Morgan fingerprint density at radius 3 is 2.38 bits per heavy atom. The lowest BCUT2D eigenvalue weighted by Gasteiger charge is -2.18. The van der Waals surface area contributed by atoms with E-state index in [9.17, 15) is 35.9 Å². The van der Waals surface area contributed by atoms with Gasteiger partial charge in [0.15, 0.2) is 11.5 Å². The quantitative estimate of drug-likeness (QED) is 0.164. The number of ketones is 1. The normalized spacial score (nSPS) is 13.4. The van der Waals surface area contributed by atoms with Crippen LogP contribution in [0.5, 0.6) is 0 Å². The SMILES string of the molecule is N=Cc1c(C(N)=O)c(C(F)(F)F)nn1CCOCCC(=O)c1cccc2c1CCN2c1ncc(C(F)(F)F)cn1. The van der Waals surface area contributed by atoms with E-state index in [1.165, 1.54) is 0 Å². The minimum absolute atomic E-state index is 0.0654. The smallest absolute Gasteiger partial charge is 0.379 e. The molecule has 4 rings (SSSR count). The summed E-state index contributed by atoms with van der Waals surface area (Å²) in [4.78, 5) is 33.7. The average molecular weight is 569 g/mol. The van der Waals surface area contributed by atoms with Crippen LogP contribution in [0.15, 0.2) is 30.6 Å². The van der Waals surface area contributed by atoms with E-state index in [1.807, 2.05) is 0 Å². The van der Waals surface area contributed by atoms with Crippen molar-refractivity contribution in [2.24, 2.45) is 5.73 Å². The van der Waals surface area contributed by atoms with E-state index < -0.39 is 40.8 Å². The number of carbonyl (C=O) groups is 2. The number of nitrogens with one attached hydrogen (secondary N) is 1. The third-order valence-electron chi connectivity index (χ3n) is 6.10. The molecule has 0 spiro atoms. The Hall–Kier alpha value is -4.34. The predicted molar refractivity (Wildman–Crippen MR) is 128 cm³/mol. The molecule has 212 valence electrons. The van der Waals surface area contributed by atoms with Crippen LogP contribution in [0.3, 0.4) is 0 Å². The van der Waals surface area contributed by atoms with Crippen molar-refractivity contribution in [2.75, 3.05) is 24.7 Å². The number of nitrogens with two attached hydrogens (primary N) is 1. The Morgan fingerprint density at radius 2 is 1.77 bits per heavy atom. The zero-order chi connectivity index (χ0) is 29.2. The fourth-order valence-electron chi connectivity index (χ4n) is 4.30. The van der Waals surface area contributed by atoms with E-state index in [4.69, 9.17) is 15.9 Å². The second-order valence-corrected chi connectivity index (χ2v) is 8.60. The highest BCUT2D eigenvalue weighted by Crippen LogP contribution is 2.36. The standard InChI is InChI=1S/C24H21F6N7O3/c25-23(26,27)13-11-33-22(34-12-13)36-6-4-14-15(2-1-3-16(14)36)18(38)5-8-40-9-7-37-17(10-31)19(21(32)39)20(35-37)24(28,29)30/h1-3,10-12,31H,4-9H2,(H2,32,39). The van der Waals surface area contributed by atoms with Crippen LogP contribution in [0.2, 0.25) is 0 Å². The molecule has 0 aliphatic carbocycles. The lowest BCUT2D eigenvalue weighted by atomic mass is 10.00. The highest BCUT2D eigenvalue weighted by atomic mass is 19.4. The summed E-state index contributed by atoms with van der Waals surface area (Å²) in [5.41, 5.74) is 2.92. The van der Waals surface area contributed by atoms with E-state index in [0.29, 0.717) is 48.4 Å². The van der Waals surface area contributed by atoms with Gasteiger partial charge in [-0.1, -0.05) is 12.1 Å². The summed E-state index contributed by atoms with van der Waals surface area (Å²) in [5, 5.41) is 10.7. The van der Waals surface area contributed by atoms with Gasteiger partial charge in [0.25, 0.3) is 5.91 Å². The van der Waals surface area contributed by atoms with Crippen LogP contribution in [0.25, 0.3) is 0 Å². The van der Waals surface area contributed by atoms with Crippen molar-refractivity contribution in [1.82, 2.24) is 19.7 Å². The molecule has 16 heteroatoms. The number of amides is 1. The third-order valence-corrected chi connectivity index (χ3v) is 6.10. The first-order chi connectivity index (χ1) is 18.8. The zero-order valence-corrected chi connectivity index (χ0v) is 20.5. The molecule has 0 atom stereocenters. The first-order valence-corrected chi connectivity index (χ1v) is 11.7. The Labute approximate surface area is 222 Å². The number of rotatable bonds is 10. The molecule has 2 aromatic heterocycles. The van der Waals surface area contributed by atoms with Gasteiger partial charge in [-0.25, -0.2) is 9.97 Å². The van der Waals surface area contributed by atoms with Crippen LogP contribution in [-0.2, 0) is 30.1 Å². The number of ether oxygens (including phenoxy) is 1. The van der Waals surface area contributed by atoms with Crippen molar-refractivity contribution in [3.63, 3.8) is 0 Å². The van der Waals surface area contributed by atoms with Crippen LogP contribution in [0.1, 0.15) is 49.7 Å². The van der Waals surface area contributed by atoms with Crippen molar-refractivity contribution in [3.8, 4) is 0 Å². The number of nitrogens with zero attached hydrogens (tertiary/aromatic N) is 5. The number of primary amides is 1. The van der Waals surface area contributed by atoms with Crippen LogP contribution < -0.4 is 10.6 Å². The van der Waals surface area contributed by atoms with Gasteiger partial charge < -0.3 is 20.8 Å². The molecule has 3 heterocycles. The summed E-state index contributed by atoms with van der Waals surface area (Å²) in [6.07, 6.45) is -7.23. The van der Waals surface area contributed by atoms with Gasteiger partial charge in [0, 0.05) is 42.8 Å². The number of aromatic nitrogens is 4. The average Bonchev–Trinajstić information content (AvgIpc) is 3.49. The van der Waals surface area contributed by atoms with Crippen molar-refractivity contribution in [1.29, 1.82) is 5.41 Å². The highest BCUT2D eigenvalue weighted by molar-refractivity contribution is 6.01. The Morgan fingerprint density at radius 1 is 1.07 bits per heavy atom. The van der Waals surface area contributed by atoms with Gasteiger partial charge in [-0.3, -0.25) is 14.3 Å². The Bertz CT molecular complexity index is 1430. The van der Waals surface area contributed by atoms with E-state index in [2.05, 4.69) is 15.1 Å². The van der Waals surface area contributed by atoms with Crippen LogP contribution in [0, 0.1) is 5.41 Å². The fraction of sp³-hybridized carbons (Fsp3) is 0.333. The van der Waals surface area contributed by atoms with Crippen molar-refractivity contribution in [3.05, 3.63) is 64.2 Å². The monoisotopic (exact) mass is 569 g/mol. The summed E-state index contributed by atoms with van der Waals surface area (Å²) in [7, 11) is 0. The maximum atomic E-state index is 13.2. The number of alkyl halides is 6. The van der Waals surface area contributed by atoms with E-state index >= 15 is 0 Å². The number of anilines is 2. The molecule has 0 radical (unpaired) electrons. The topological polar surface area (TPSA) is 140 Å². The van der Waals surface area contributed by atoms with Gasteiger partial charge in [-0.05, 0) is 18.1 Å². The Kier molecular flexibility index (Phi) is 7.91. The van der Waals surface area contributed by atoms with Crippen molar-refractivity contribution >= 4 is 29.5 Å². The highest BCUT2D eigenvalue weighted by Gasteiger charge is 2.40. The molecule has 1 aromatic carbocycles. The molecule has 40 heavy (non-hydrogen) atoms. The predicted octanol–water partition coefficient (Wildman–Crippen LogP) is 3.79. The summed E-state index contributed by atoms with van der Waals surface area (Å²) >= 11 is 0. The van der Waals surface area contributed by atoms with Gasteiger partial charge in [-0.2, -0.15) is 31.4 Å². The molecule has 0 bridgehead atoms. The van der Waals surface area contributed by atoms with Gasteiger partial charge >= 0.3 is 12.4 Å². The largest absolute Gasteiger partial charge is 0.435 e. The molecule has 0 saturated heterocycles. The number of halogens is 6. The van der Waals surface area contributed by atoms with E-state index in [-0.39, 0.29) is 37.9 Å². The van der Waals surface area contributed by atoms with Gasteiger partial charge in [0.05, 0.1) is 36.6 Å². The Balaban J connectivity index is 1.37. The number of hydrogen-bond acceptors (Lipinski definition) is 8. The second-order valence-electron chi connectivity index (χ2n) is 8.60. The van der Waals surface area contributed by atoms with Gasteiger partial charge in [-0.15, -0.1) is 0 Å². The van der Waals surface area contributed by atoms with Crippen LogP contribution >= 0.6 is 0 Å². The molecule has 1 aliphatic rings. The maximum Gasteiger partial charge on any atom is 0.435 e. The van der Waals surface area contributed by atoms with Crippen LogP contribution in [-0.4, -0.2) is 57.4 Å². The maximum absolute atomic E-state index is 13.2. The second kappa shape index (κ2) is 11.0. The molecule has 0 fully saturated rings. The summed E-state index contributed by atoms with van der Waals surface area (Å²) < 4.78 is 84.3. The summed E-state index contributed by atoms with van der Waals surface area (Å²) in [5.74, 6) is -1.58. The molecule has 0 unspecified atom stereocenters. The lowest BCUT2D eigenvalue weighted by molar-refractivity contribution is -0.142. The number of hydrogen-bond donors (Lipinski definition) is 2. The minimum atomic E-state index is -4.95. The molecular weight excluding hydrogens is 548 g/mol. The van der Waals surface area contributed by atoms with Crippen molar-refractivity contribution in [2.45, 2.75) is 31.7 Å². The molecule has 3 N–H and O–H groups in total. The van der Waals surface area contributed by atoms with Gasteiger partial charge in [0.1, 0.15) is 0 Å². The number of carbonyl (C=O) groups excluding carboxylic acids is 2. The van der Waals surface area contributed by atoms with Crippen molar-refractivity contribution < 1.29 is 40.7 Å². The van der Waals surface area contributed by atoms with Gasteiger partial charge in [0.2, 0.25) is 5.95 Å². The molecular formula is C24H21F6N7O3. The molecule has 1 aliphatic heterocycles. The third kappa shape index (κ3) is 5.80. The fourth-order valence-corrected chi connectivity index (χ4v) is 4.30. The molecule has 10 nitrogen and oxygen atoms in total. The van der Waals surface area contributed by atoms with E-state index in [0.717, 1.165) is 4.68 Å². The number of benzene rings is 1. The van der Waals surface area contributed by atoms with Crippen LogP contribution in [0.4, 0.5) is 38.0 Å². The lowest BCUT2D eigenvalue weighted by Crippen LogP contribution is -2.19. The summed E-state index contributed by atoms with van der Waals surface area (Å²) in [6, 6.07) is 4.94. The number of fused-ring (bicyclic) bond motifs is 1. The minimum Gasteiger partial charge on any atom is -0.379 e. The molecule has 0 saturated carbocycles. The first-order valence-electron chi connectivity index (χ1n) is 11.7. The number of Topliss-reactive ketones (excluding diaryl/α,β-unsaturated/α-hetero) is 1. The zero-order valence-electron chi connectivity index (χ0n) is 20.5.